The van der Waals surface area contributed by atoms with Crippen molar-refractivity contribution in [2.75, 3.05) is 18.0 Å². The summed E-state index contributed by atoms with van der Waals surface area (Å²) in [6.07, 6.45) is 0.754. The number of hydrogen-bond acceptors (Lipinski definition) is 2. The van der Waals surface area contributed by atoms with E-state index in [0.29, 0.717) is 17.3 Å². The van der Waals surface area contributed by atoms with Crippen LogP contribution in [0.5, 0.6) is 0 Å². The Balaban J connectivity index is 2.00. The van der Waals surface area contributed by atoms with E-state index in [1.807, 2.05) is 42.2 Å². The summed E-state index contributed by atoms with van der Waals surface area (Å²) in [6.45, 7) is 3.47. The van der Waals surface area contributed by atoms with Gasteiger partial charge in [-0.15, -0.1) is 0 Å². The molecule has 0 heterocycles. The number of hydrogen-bond donors (Lipinski definition) is 1. The zero-order chi connectivity index (χ0) is 15.2. The highest BCUT2D eigenvalue weighted by molar-refractivity contribution is 6.30. The summed E-state index contributed by atoms with van der Waals surface area (Å²) in [5.41, 5.74) is 7.87. The van der Waals surface area contributed by atoms with Crippen LogP contribution in [0.2, 0.25) is 5.02 Å². The van der Waals surface area contributed by atoms with E-state index in [1.54, 1.807) is 12.1 Å². The van der Waals surface area contributed by atoms with Crippen molar-refractivity contribution in [3.05, 3.63) is 64.9 Å². The molecule has 2 aromatic carbocycles. The quantitative estimate of drug-likeness (QED) is 0.857. The van der Waals surface area contributed by atoms with E-state index in [2.05, 4.69) is 0 Å². The molecule has 0 aromatic heterocycles. The summed E-state index contributed by atoms with van der Waals surface area (Å²) in [5.74, 6) is -0.195. The number of halogens is 2. The predicted octanol–water partition coefficient (Wildman–Crippen LogP) is 4.40. The van der Waals surface area contributed by atoms with Crippen molar-refractivity contribution in [3.8, 4) is 0 Å². The fourth-order valence-electron chi connectivity index (χ4n) is 2.33. The van der Waals surface area contributed by atoms with E-state index in [1.165, 1.54) is 6.07 Å². The van der Waals surface area contributed by atoms with Gasteiger partial charge in [-0.05, 0) is 43.2 Å². The van der Waals surface area contributed by atoms with Gasteiger partial charge < -0.3 is 10.6 Å². The third-order valence-corrected chi connectivity index (χ3v) is 3.84. The molecule has 0 saturated heterocycles. The van der Waals surface area contributed by atoms with Gasteiger partial charge in [-0.2, -0.15) is 0 Å². The molecule has 0 radical (unpaired) electrons. The van der Waals surface area contributed by atoms with E-state index in [9.17, 15) is 4.39 Å². The molecule has 2 N–H and O–H groups in total. The van der Waals surface area contributed by atoms with Gasteiger partial charge in [-0.1, -0.05) is 35.9 Å². The van der Waals surface area contributed by atoms with Crippen molar-refractivity contribution in [2.24, 2.45) is 5.73 Å². The Hall–Kier alpha value is -1.58. The van der Waals surface area contributed by atoms with Crippen LogP contribution in [0.25, 0.3) is 0 Å². The van der Waals surface area contributed by atoms with E-state index in [-0.39, 0.29) is 11.9 Å². The van der Waals surface area contributed by atoms with Crippen molar-refractivity contribution >= 4 is 17.3 Å². The van der Waals surface area contributed by atoms with Crippen LogP contribution in [-0.2, 0) is 0 Å². The number of nitrogens with zero attached hydrogens (tertiary/aromatic N) is 1. The zero-order valence-electron chi connectivity index (χ0n) is 12.1. The maximum atomic E-state index is 13.8. The molecule has 0 bridgehead atoms. The van der Waals surface area contributed by atoms with Crippen LogP contribution in [-0.4, -0.2) is 13.1 Å². The first kappa shape index (κ1) is 15.8. The molecule has 0 saturated carbocycles. The number of para-hydroxylation sites is 1. The van der Waals surface area contributed by atoms with Crippen LogP contribution in [0.1, 0.15) is 24.9 Å². The fraction of sp³-hybridized carbons (Fsp3) is 0.294. The highest BCUT2D eigenvalue weighted by atomic mass is 35.5. The first-order valence-electron chi connectivity index (χ1n) is 7.12. The van der Waals surface area contributed by atoms with Crippen LogP contribution in [0, 0.1) is 5.82 Å². The smallest absolute Gasteiger partial charge is 0.146 e. The summed E-state index contributed by atoms with van der Waals surface area (Å²) in [7, 11) is 0. The second-order valence-corrected chi connectivity index (χ2v) is 5.41. The average Bonchev–Trinajstić information content (AvgIpc) is 2.50. The predicted molar refractivity (Wildman–Crippen MR) is 87.3 cm³/mol. The molecule has 2 nitrogen and oxygen atoms in total. The van der Waals surface area contributed by atoms with Crippen LogP contribution in [0.15, 0.2) is 48.5 Å². The van der Waals surface area contributed by atoms with Gasteiger partial charge in [0.2, 0.25) is 0 Å². The Morgan fingerprint density at radius 2 is 1.81 bits per heavy atom. The van der Waals surface area contributed by atoms with Crippen molar-refractivity contribution in [1.82, 2.24) is 0 Å². The molecule has 0 aliphatic heterocycles. The molecule has 21 heavy (non-hydrogen) atoms. The van der Waals surface area contributed by atoms with Crippen molar-refractivity contribution in [2.45, 2.75) is 19.4 Å². The Labute approximate surface area is 130 Å². The lowest BCUT2D eigenvalue weighted by atomic mass is 10.0. The van der Waals surface area contributed by atoms with Crippen LogP contribution < -0.4 is 10.6 Å². The maximum Gasteiger partial charge on any atom is 0.146 e. The van der Waals surface area contributed by atoms with Gasteiger partial charge in [-0.25, -0.2) is 4.39 Å². The standard InChI is InChI=1S/C17H20ClFN2/c1-2-21(17-6-4-3-5-15(17)19)12-11-16(20)13-7-9-14(18)10-8-13/h3-10,16H,2,11-12,20H2,1H3. The van der Waals surface area contributed by atoms with E-state index < -0.39 is 0 Å². The summed E-state index contributed by atoms with van der Waals surface area (Å²) >= 11 is 5.87. The second-order valence-electron chi connectivity index (χ2n) is 4.98. The SMILES string of the molecule is CCN(CCC(N)c1ccc(Cl)cc1)c1ccccc1F. The van der Waals surface area contributed by atoms with E-state index in [0.717, 1.165) is 18.5 Å². The number of nitrogens with two attached hydrogens (primary N) is 1. The lowest BCUT2D eigenvalue weighted by Crippen LogP contribution is -2.27. The maximum absolute atomic E-state index is 13.8. The first-order chi connectivity index (χ1) is 10.1. The van der Waals surface area contributed by atoms with Gasteiger partial charge in [0.15, 0.2) is 0 Å². The third kappa shape index (κ3) is 4.19. The lowest BCUT2D eigenvalue weighted by molar-refractivity contribution is 0.598. The minimum atomic E-state index is -0.195. The Kier molecular flexibility index (Phi) is 5.59. The largest absolute Gasteiger partial charge is 0.369 e. The minimum Gasteiger partial charge on any atom is -0.369 e. The lowest BCUT2D eigenvalue weighted by Gasteiger charge is -2.25. The normalized spacial score (nSPS) is 12.2. The summed E-state index contributed by atoms with van der Waals surface area (Å²) in [6, 6.07) is 14.3. The molecule has 2 rings (SSSR count). The summed E-state index contributed by atoms with van der Waals surface area (Å²) in [4.78, 5) is 2.01. The van der Waals surface area contributed by atoms with E-state index >= 15 is 0 Å². The highest BCUT2D eigenvalue weighted by Gasteiger charge is 2.12. The highest BCUT2D eigenvalue weighted by Crippen LogP contribution is 2.22. The molecule has 0 spiro atoms. The summed E-state index contributed by atoms with van der Waals surface area (Å²) in [5, 5.41) is 0.701. The number of anilines is 1. The zero-order valence-corrected chi connectivity index (χ0v) is 12.9. The molecule has 0 amide bonds. The number of rotatable bonds is 6. The Morgan fingerprint density at radius 1 is 1.14 bits per heavy atom. The van der Waals surface area contributed by atoms with Gasteiger partial charge in [0, 0.05) is 24.2 Å². The molecular weight excluding hydrogens is 287 g/mol. The van der Waals surface area contributed by atoms with Crippen LogP contribution >= 0.6 is 11.6 Å². The van der Waals surface area contributed by atoms with Crippen molar-refractivity contribution < 1.29 is 4.39 Å². The number of benzene rings is 2. The minimum absolute atomic E-state index is 0.0805. The van der Waals surface area contributed by atoms with E-state index in [4.69, 9.17) is 17.3 Å². The second kappa shape index (κ2) is 7.43. The van der Waals surface area contributed by atoms with Gasteiger partial charge in [0.1, 0.15) is 5.82 Å². The first-order valence-corrected chi connectivity index (χ1v) is 7.50. The van der Waals surface area contributed by atoms with Crippen molar-refractivity contribution in [1.29, 1.82) is 0 Å². The molecule has 0 aliphatic carbocycles. The monoisotopic (exact) mass is 306 g/mol. The van der Waals surface area contributed by atoms with Crippen LogP contribution in [0.3, 0.4) is 0 Å². The Morgan fingerprint density at radius 3 is 2.43 bits per heavy atom. The molecule has 112 valence electrons. The Bertz CT molecular complexity index is 571. The molecule has 1 atom stereocenters. The molecular formula is C17H20ClFN2. The van der Waals surface area contributed by atoms with Crippen molar-refractivity contribution in [3.63, 3.8) is 0 Å². The van der Waals surface area contributed by atoms with Gasteiger partial charge in [0.25, 0.3) is 0 Å². The fourth-order valence-corrected chi connectivity index (χ4v) is 2.45. The van der Waals surface area contributed by atoms with Crippen LogP contribution in [0.4, 0.5) is 10.1 Å². The molecule has 4 heteroatoms. The van der Waals surface area contributed by atoms with Gasteiger partial charge in [-0.3, -0.25) is 0 Å². The summed E-state index contributed by atoms with van der Waals surface area (Å²) < 4.78 is 13.8. The van der Waals surface area contributed by atoms with Gasteiger partial charge in [0.05, 0.1) is 5.69 Å². The average molecular weight is 307 g/mol. The molecule has 1 unspecified atom stereocenters. The third-order valence-electron chi connectivity index (χ3n) is 3.58. The molecule has 0 aliphatic rings. The molecule has 2 aromatic rings. The molecule has 0 fully saturated rings. The van der Waals surface area contributed by atoms with Gasteiger partial charge >= 0.3 is 0 Å². The topological polar surface area (TPSA) is 29.3 Å².